The number of hydrogen-bond donors (Lipinski definition) is 0. The molecular formula is C10H18N2. The Hall–Kier alpha value is -0.550. The van der Waals surface area contributed by atoms with Crippen LogP contribution in [0.25, 0.3) is 0 Å². The standard InChI is InChI=1S/C10H18N2/c1-8-9(7-11)5-6-12(8)10(2,3)4/h8-9H,5-6H2,1-4H3. The fourth-order valence-corrected chi connectivity index (χ4v) is 2.06. The SMILES string of the molecule is CC1C(C#N)CCN1C(C)(C)C. The summed E-state index contributed by atoms with van der Waals surface area (Å²) >= 11 is 0. The van der Waals surface area contributed by atoms with Gasteiger partial charge >= 0.3 is 0 Å². The summed E-state index contributed by atoms with van der Waals surface area (Å²) in [6.45, 7) is 9.87. The van der Waals surface area contributed by atoms with Crippen molar-refractivity contribution in [2.24, 2.45) is 5.92 Å². The van der Waals surface area contributed by atoms with Crippen LogP contribution >= 0.6 is 0 Å². The Morgan fingerprint density at radius 1 is 1.42 bits per heavy atom. The molecule has 68 valence electrons. The fraction of sp³-hybridized carbons (Fsp3) is 0.900. The van der Waals surface area contributed by atoms with Crippen LogP contribution in [0.1, 0.15) is 34.1 Å². The molecular weight excluding hydrogens is 148 g/mol. The van der Waals surface area contributed by atoms with E-state index in [1.807, 2.05) is 0 Å². The number of nitrogens with zero attached hydrogens (tertiary/aromatic N) is 2. The van der Waals surface area contributed by atoms with Crippen LogP contribution in [0.5, 0.6) is 0 Å². The molecule has 1 heterocycles. The Morgan fingerprint density at radius 2 is 2.00 bits per heavy atom. The van der Waals surface area contributed by atoms with Gasteiger partial charge in [-0.15, -0.1) is 0 Å². The van der Waals surface area contributed by atoms with E-state index in [4.69, 9.17) is 5.26 Å². The summed E-state index contributed by atoms with van der Waals surface area (Å²) in [7, 11) is 0. The highest BCUT2D eigenvalue weighted by Crippen LogP contribution is 2.29. The van der Waals surface area contributed by atoms with Crippen LogP contribution in [-0.2, 0) is 0 Å². The van der Waals surface area contributed by atoms with Gasteiger partial charge in [-0.25, -0.2) is 0 Å². The first-order chi connectivity index (χ1) is 5.46. The van der Waals surface area contributed by atoms with Crippen molar-refractivity contribution >= 4 is 0 Å². The summed E-state index contributed by atoms with van der Waals surface area (Å²) < 4.78 is 0. The Labute approximate surface area is 75.2 Å². The van der Waals surface area contributed by atoms with Crippen LogP contribution in [-0.4, -0.2) is 23.0 Å². The third-order valence-corrected chi connectivity index (χ3v) is 2.78. The normalized spacial score (nSPS) is 31.9. The molecule has 0 amide bonds. The molecule has 0 radical (unpaired) electrons. The molecule has 2 heteroatoms. The maximum atomic E-state index is 8.84. The van der Waals surface area contributed by atoms with Gasteiger partial charge in [0.05, 0.1) is 12.0 Å². The van der Waals surface area contributed by atoms with Crippen molar-refractivity contribution in [2.75, 3.05) is 6.54 Å². The summed E-state index contributed by atoms with van der Waals surface area (Å²) in [5.41, 5.74) is 0.213. The molecule has 2 unspecified atom stereocenters. The zero-order valence-corrected chi connectivity index (χ0v) is 8.46. The van der Waals surface area contributed by atoms with E-state index in [1.165, 1.54) is 0 Å². The van der Waals surface area contributed by atoms with E-state index in [9.17, 15) is 0 Å². The molecule has 12 heavy (non-hydrogen) atoms. The average molecular weight is 166 g/mol. The number of nitriles is 1. The molecule has 1 saturated heterocycles. The number of likely N-dealkylation sites (tertiary alicyclic amines) is 1. The minimum absolute atomic E-state index is 0.213. The van der Waals surface area contributed by atoms with Crippen molar-refractivity contribution in [1.29, 1.82) is 5.26 Å². The van der Waals surface area contributed by atoms with E-state index in [0.29, 0.717) is 6.04 Å². The van der Waals surface area contributed by atoms with Crippen LogP contribution in [0.4, 0.5) is 0 Å². The first kappa shape index (κ1) is 9.54. The first-order valence-corrected chi connectivity index (χ1v) is 4.63. The van der Waals surface area contributed by atoms with Gasteiger partial charge in [-0.1, -0.05) is 0 Å². The summed E-state index contributed by atoms with van der Waals surface area (Å²) in [5.74, 6) is 0.240. The minimum atomic E-state index is 0.213. The molecule has 0 bridgehead atoms. The second kappa shape index (κ2) is 3.06. The maximum Gasteiger partial charge on any atom is 0.0672 e. The zero-order chi connectivity index (χ0) is 9.35. The molecule has 1 aliphatic heterocycles. The second-order valence-electron chi connectivity index (χ2n) is 4.63. The molecule has 2 nitrogen and oxygen atoms in total. The molecule has 0 N–H and O–H groups in total. The molecule has 0 saturated carbocycles. The van der Waals surface area contributed by atoms with Crippen molar-refractivity contribution in [1.82, 2.24) is 4.90 Å². The van der Waals surface area contributed by atoms with E-state index < -0.39 is 0 Å². The lowest BCUT2D eigenvalue weighted by Crippen LogP contribution is -2.44. The Morgan fingerprint density at radius 3 is 2.25 bits per heavy atom. The molecule has 1 aliphatic rings. The Balaban J connectivity index is 2.68. The van der Waals surface area contributed by atoms with Crippen LogP contribution < -0.4 is 0 Å². The monoisotopic (exact) mass is 166 g/mol. The quantitative estimate of drug-likeness (QED) is 0.550. The third kappa shape index (κ3) is 1.61. The van der Waals surface area contributed by atoms with E-state index in [-0.39, 0.29) is 11.5 Å². The van der Waals surface area contributed by atoms with Gasteiger partial charge in [0.2, 0.25) is 0 Å². The lowest BCUT2D eigenvalue weighted by molar-refractivity contribution is 0.124. The Bertz CT molecular complexity index is 197. The molecule has 2 atom stereocenters. The number of rotatable bonds is 0. The first-order valence-electron chi connectivity index (χ1n) is 4.63. The van der Waals surface area contributed by atoms with E-state index in [2.05, 4.69) is 38.7 Å². The molecule has 0 aromatic rings. The van der Waals surface area contributed by atoms with Crippen LogP contribution in [0, 0.1) is 17.2 Å². The van der Waals surface area contributed by atoms with Gasteiger partial charge in [0.15, 0.2) is 0 Å². The van der Waals surface area contributed by atoms with Crippen molar-refractivity contribution in [3.8, 4) is 6.07 Å². The van der Waals surface area contributed by atoms with Crippen LogP contribution in [0.15, 0.2) is 0 Å². The van der Waals surface area contributed by atoms with E-state index in [1.54, 1.807) is 0 Å². The minimum Gasteiger partial charge on any atom is -0.294 e. The second-order valence-corrected chi connectivity index (χ2v) is 4.63. The maximum absolute atomic E-state index is 8.84. The summed E-state index contributed by atoms with van der Waals surface area (Å²) in [4.78, 5) is 2.42. The largest absolute Gasteiger partial charge is 0.294 e. The van der Waals surface area contributed by atoms with Gasteiger partial charge in [-0.05, 0) is 34.1 Å². The highest BCUT2D eigenvalue weighted by atomic mass is 15.2. The van der Waals surface area contributed by atoms with Crippen molar-refractivity contribution in [3.63, 3.8) is 0 Å². The van der Waals surface area contributed by atoms with Gasteiger partial charge < -0.3 is 0 Å². The Kier molecular flexibility index (Phi) is 2.44. The predicted octanol–water partition coefficient (Wildman–Crippen LogP) is 2.02. The van der Waals surface area contributed by atoms with E-state index in [0.717, 1.165) is 13.0 Å². The molecule has 0 aliphatic carbocycles. The molecule has 0 spiro atoms. The summed E-state index contributed by atoms with van der Waals surface area (Å²) in [5, 5.41) is 8.84. The lowest BCUT2D eigenvalue weighted by Gasteiger charge is -2.35. The molecule has 0 aromatic carbocycles. The van der Waals surface area contributed by atoms with Crippen LogP contribution in [0.2, 0.25) is 0 Å². The number of hydrogen-bond acceptors (Lipinski definition) is 2. The van der Waals surface area contributed by atoms with Gasteiger partial charge in [0, 0.05) is 18.1 Å². The highest BCUT2D eigenvalue weighted by molar-refractivity contribution is 4.99. The average Bonchev–Trinajstić information content (AvgIpc) is 2.29. The fourth-order valence-electron chi connectivity index (χ4n) is 2.06. The van der Waals surface area contributed by atoms with Gasteiger partial charge in [0.25, 0.3) is 0 Å². The summed E-state index contributed by atoms with van der Waals surface area (Å²) in [6.07, 6.45) is 1.04. The smallest absolute Gasteiger partial charge is 0.0672 e. The molecule has 0 aromatic heterocycles. The predicted molar refractivity (Wildman–Crippen MR) is 49.6 cm³/mol. The topological polar surface area (TPSA) is 27.0 Å². The van der Waals surface area contributed by atoms with Gasteiger partial charge in [0.1, 0.15) is 0 Å². The van der Waals surface area contributed by atoms with Crippen molar-refractivity contribution in [3.05, 3.63) is 0 Å². The van der Waals surface area contributed by atoms with Gasteiger partial charge in [-0.3, -0.25) is 4.90 Å². The third-order valence-electron chi connectivity index (χ3n) is 2.78. The molecule has 1 rings (SSSR count). The highest BCUT2D eigenvalue weighted by Gasteiger charge is 2.36. The summed E-state index contributed by atoms with van der Waals surface area (Å²) in [6, 6.07) is 2.80. The molecule has 1 fully saturated rings. The van der Waals surface area contributed by atoms with Crippen molar-refractivity contribution in [2.45, 2.75) is 45.7 Å². The van der Waals surface area contributed by atoms with Crippen LogP contribution in [0.3, 0.4) is 0 Å². The van der Waals surface area contributed by atoms with Gasteiger partial charge in [-0.2, -0.15) is 5.26 Å². The lowest BCUT2D eigenvalue weighted by atomic mass is 10.0. The van der Waals surface area contributed by atoms with Crippen molar-refractivity contribution < 1.29 is 0 Å². The zero-order valence-electron chi connectivity index (χ0n) is 8.46. The van der Waals surface area contributed by atoms with E-state index >= 15 is 0 Å².